The molecule has 0 atom stereocenters. The number of aliphatic imine (C=N–C) groups is 1. The van der Waals surface area contributed by atoms with Crippen LogP contribution < -0.4 is 10.6 Å². The summed E-state index contributed by atoms with van der Waals surface area (Å²) in [6, 6.07) is 11.2. The summed E-state index contributed by atoms with van der Waals surface area (Å²) in [6.07, 6.45) is 4.88. The molecule has 3 rings (SSSR count). The van der Waals surface area contributed by atoms with E-state index < -0.39 is 0 Å². The maximum Gasteiger partial charge on any atom is 0.269 e. The first-order valence-corrected chi connectivity index (χ1v) is 9.39. The molecule has 1 aliphatic carbocycles. The van der Waals surface area contributed by atoms with Gasteiger partial charge in [-0.05, 0) is 29.9 Å². The molecule has 1 fully saturated rings. The van der Waals surface area contributed by atoms with E-state index in [4.69, 9.17) is 0 Å². The van der Waals surface area contributed by atoms with Crippen molar-refractivity contribution in [1.82, 2.24) is 10.6 Å². The van der Waals surface area contributed by atoms with Crippen LogP contribution in [0.1, 0.15) is 36.1 Å². The molecule has 2 N–H and O–H groups in total. The molecule has 7 heteroatoms. The Morgan fingerprint density at radius 1 is 1.24 bits per heavy atom. The topological polar surface area (TPSA) is 79.6 Å². The van der Waals surface area contributed by atoms with E-state index >= 15 is 0 Å². The Bertz CT molecular complexity index is 707. The van der Waals surface area contributed by atoms with Gasteiger partial charge in [0, 0.05) is 23.1 Å². The Morgan fingerprint density at radius 2 is 2.00 bits per heavy atom. The van der Waals surface area contributed by atoms with Gasteiger partial charge >= 0.3 is 0 Å². The Labute approximate surface area is 151 Å². The number of nitrogens with one attached hydrogen (secondary N) is 2. The standard InChI is InChI=1S/C18H22N4O2S/c23-22(24)16-9-7-14(8-10-16)12-19-18(21-15-4-1-2-5-15)20-13-17-6-3-11-25-17/h3,6-11,15H,1-2,4-5,12-13H2,(H2,19,20,21). The van der Waals surface area contributed by atoms with Gasteiger partial charge in [0.15, 0.2) is 5.96 Å². The summed E-state index contributed by atoms with van der Waals surface area (Å²) in [6.45, 7) is 1.24. The molecule has 1 saturated carbocycles. The second-order valence-electron chi connectivity index (χ2n) is 6.15. The van der Waals surface area contributed by atoms with Gasteiger partial charge in [-0.3, -0.25) is 10.1 Å². The van der Waals surface area contributed by atoms with Crippen molar-refractivity contribution >= 4 is 23.0 Å². The lowest BCUT2D eigenvalue weighted by molar-refractivity contribution is -0.384. The summed E-state index contributed by atoms with van der Waals surface area (Å²) in [5, 5.41) is 19.7. The van der Waals surface area contributed by atoms with Crippen LogP contribution in [0.2, 0.25) is 0 Å². The second kappa shape index (κ2) is 8.62. The first kappa shape index (κ1) is 17.4. The number of hydrogen-bond acceptors (Lipinski definition) is 4. The lowest BCUT2D eigenvalue weighted by Gasteiger charge is -2.17. The smallest absolute Gasteiger partial charge is 0.269 e. The summed E-state index contributed by atoms with van der Waals surface area (Å²) in [5.41, 5.74) is 1.06. The van der Waals surface area contributed by atoms with Crippen LogP contribution >= 0.6 is 11.3 Å². The summed E-state index contributed by atoms with van der Waals surface area (Å²) >= 11 is 1.72. The molecule has 1 aromatic heterocycles. The zero-order valence-electron chi connectivity index (χ0n) is 14.0. The van der Waals surface area contributed by atoms with Crippen molar-refractivity contribution in [1.29, 1.82) is 0 Å². The molecule has 1 heterocycles. The summed E-state index contributed by atoms with van der Waals surface area (Å²) in [7, 11) is 0. The number of non-ortho nitro benzene ring substituents is 1. The maximum absolute atomic E-state index is 10.7. The van der Waals surface area contributed by atoms with Crippen LogP contribution in [0.3, 0.4) is 0 Å². The highest BCUT2D eigenvalue weighted by Crippen LogP contribution is 2.18. The van der Waals surface area contributed by atoms with Gasteiger partial charge in [-0.25, -0.2) is 4.99 Å². The van der Waals surface area contributed by atoms with Gasteiger partial charge in [0.1, 0.15) is 0 Å². The fourth-order valence-electron chi connectivity index (χ4n) is 2.89. The number of nitrogens with zero attached hydrogens (tertiary/aromatic N) is 2. The highest BCUT2D eigenvalue weighted by molar-refractivity contribution is 7.09. The SMILES string of the molecule is O=[N+]([O-])c1ccc(CN=C(NCc2cccs2)NC2CCCC2)cc1. The fourth-order valence-corrected chi connectivity index (χ4v) is 3.54. The number of guanidine groups is 1. The lowest BCUT2D eigenvalue weighted by atomic mass is 10.2. The zero-order valence-corrected chi connectivity index (χ0v) is 14.8. The third-order valence-corrected chi connectivity index (χ3v) is 5.15. The van der Waals surface area contributed by atoms with Crippen molar-refractivity contribution in [3.63, 3.8) is 0 Å². The molecule has 1 aliphatic rings. The third-order valence-electron chi connectivity index (χ3n) is 4.27. The molecule has 0 saturated heterocycles. The van der Waals surface area contributed by atoms with Crippen molar-refractivity contribution in [2.75, 3.05) is 0 Å². The number of benzene rings is 1. The summed E-state index contributed by atoms with van der Waals surface area (Å²) in [5.74, 6) is 0.804. The number of hydrogen-bond donors (Lipinski definition) is 2. The summed E-state index contributed by atoms with van der Waals surface area (Å²) < 4.78 is 0. The largest absolute Gasteiger partial charge is 0.354 e. The highest BCUT2D eigenvalue weighted by Gasteiger charge is 2.16. The molecule has 1 aromatic carbocycles. The van der Waals surface area contributed by atoms with Crippen LogP contribution in [0, 0.1) is 10.1 Å². The predicted molar refractivity (Wildman–Crippen MR) is 101 cm³/mol. The molecule has 0 bridgehead atoms. The van der Waals surface area contributed by atoms with Crippen LogP contribution in [0.4, 0.5) is 5.69 Å². The monoisotopic (exact) mass is 358 g/mol. The number of thiophene rings is 1. The molecule has 6 nitrogen and oxygen atoms in total. The van der Waals surface area contributed by atoms with Crippen LogP contribution in [-0.2, 0) is 13.1 Å². The number of rotatable bonds is 6. The van der Waals surface area contributed by atoms with Crippen molar-refractivity contribution < 1.29 is 4.92 Å². The second-order valence-corrected chi connectivity index (χ2v) is 7.18. The highest BCUT2D eigenvalue weighted by atomic mass is 32.1. The zero-order chi connectivity index (χ0) is 17.5. The van der Waals surface area contributed by atoms with Crippen LogP contribution in [0.5, 0.6) is 0 Å². The first-order valence-electron chi connectivity index (χ1n) is 8.51. The molecule has 0 amide bonds. The van der Waals surface area contributed by atoms with E-state index in [-0.39, 0.29) is 10.6 Å². The Morgan fingerprint density at radius 3 is 2.64 bits per heavy atom. The Hall–Kier alpha value is -2.41. The fraction of sp³-hybridized carbons (Fsp3) is 0.389. The first-order chi connectivity index (χ1) is 12.2. The van der Waals surface area contributed by atoms with Crippen molar-refractivity contribution in [2.24, 2.45) is 4.99 Å². The minimum atomic E-state index is -0.386. The van der Waals surface area contributed by atoms with Crippen molar-refractivity contribution in [3.05, 3.63) is 62.3 Å². The Balaban J connectivity index is 1.63. The molecule has 25 heavy (non-hydrogen) atoms. The number of nitro groups is 1. The average Bonchev–Trinajstić information content (AvgIpc) is 3.31. The molecule has 0 spiro atoms. The third kappa shape index (κ3) is 5.29. The van der Waals surface area contributed by atoms with Crippen LogP contribution in [0.25, 0.3) is 0 Å². The van der Waals surface area contributed by atoms with E-state index in [0.29, 0.717) is 12.6 Å². The van der Waals surface area contributed by atoms with Crippen molar-refractivity contribution in [2.45, 2.75) is 44.8 Å². The van der Waals surface area contributed by atoms with Gasteiger partial charge in [0.25, 0.3) is 5.69 Å². The van der Waals surface area contributed by atoms with Gasteiger partial charge < -0.3 is 10.6 Å². The molecule has 2 aromatic rings. The predicted octanol–water partition coefficient (Wildman–Crippen LogP) is 3.83. The van der Waals surface area contributed by atoms with E-state index in [9.17, 15) is 10.1 Å². The van der Waals surface area contributed by atoms with Gasteiger partial charge in [-0.1, -0.05) is 31.0 Å². The van der Waals surface area contributed by atoms with E-state index in [1.807, 2.05) is 6.07 Å². The van der Waals surface area contributed by atoms with E-state index in [0.717, 1.165) is 18.1 Å². The molecule has 0 unspecified atom stereocenters. The van der Waals surface area contributed by atoms with E-state index in [2.05, 4.69) is 27.1 Å². The van der Waals surface area contributed by atoms with Crippen LogP contribution in [-0.4, -0.2) is 16.9 Å². The minimum absolute atomic E-state index is 0.104. The van der Waals surface area contributed by atoms with Gasteiger partial charge in [-0.15, -0.1) is 11.3 Å². The van der Waals surface area contributed by atoms with Gasteiger partial charge in [0.2, 0.25) is 0 Å². The maximum atomic E-state index is 10.7. The van der Waals surface area contributed by atoms with Gasteiger partial charge in [0.05, 0.1) is 18.0 Å². The van der Waals surface area contributed by atoms with Crippen molar-refractivity contribution in [3.8, 4) is 0 Å². The molecular formula is C18H22N4O2S. The minimum Gasteiger partial charge on any atom is -0.354 e. The Kier molecular flexibility index (Phi) is 6.00. The molecular weight excluding hydrogens is 336 g/mol. The van der Waals surface area contributed by atoms with E-state index in [1.54, 1.807) is 23.5 Å². The lowest BCUT2D eigenvalue weighted by Crippen LogP contribution is -2.42. The average molecular weight is 358 g/mol. The van der Waals surface area contributed by atoms with Crippen LogP contribution in [0.15, 0.2) is 46.8 Å². The van der Waals surface area contributed by atoms with E-state index in [1.165, 1.54) is 42.7 Å². The molecule has 132 valence electrons. The molecule has 0 aliphatic heterocycles. The molecule has 0 radical (unpaired) electrons. The summed E-state index contributed by atoms with van der Waals surface area (Å²) in [4.78, 5) is 16.3. The quantitative estimate of drug-likeness (QED) is 0.356. The van der Waals surface area contributed by atoms with Gasteiger partial charge in [-0.2, -0.15) is 0 Å². The normalized spacial score (nSPS) is 15.3. The number of nitro benzene ring substituents is 1.